The molecule has 0 aromatic carbocycles. The number of nitrogen functional groups attached to an aromatic ring is 1. The molecule has 2 unspecified atom stereocenters. The van der Waals surface area contributed by atoms with Crippen LogP contribution in [0.15, 0.2) is 17.1 Å². The van der Waals surface area contributed by atoms with Gasteiger partial charge in [-0.1, -0.05) is 0 Å². The molecular weight excluding hydrogens is 422 g/mol. The Bertz CT molecular complexity index is 844. The Hall–Kier alpha value is -1.72. The predicted octanol–water partition coefficient (Wildman–Crippen LogP) is -5.58. The normalized spacial score (nSPS) is 45.1. The summed E-state index contributed by atoms with van der Waals surface area (Å²) in [5, 5.41) is 73.4. The van der Waals surface area contributed by atoms with E-state index >= 15 is 0 Å². The summed E-state index contributed by atoms with van der Waals surface area (Å²) in [6, 6.07) is 1.25. The summed E-state index contributed by atoms with van der Waals surface area (Å²) in [6.45, 7) is -0.759. The third kappa shape index (κ3) is 3.45. The first-order chi connectivity index (χ1) is 14.6. The Morgan fingerprint density at radius 1 is 0.935 bits per heavy atom. The number of rotatable bonds is 4. The van der Waals surface area contributed by atoms with Crippen molar-refractivity contribution >= 4 is 5.82 Å². The highest BCUT2D eigenvalue weighted by molar-refractivity contribution is 5.24. The standard InChI is InChI=1S/C17H25N3O11/c18-7-1-2-20(16(27)19-7)15-11(26)10(25)14(31-15)17(28,12-8(23)5(21)3-29-12)13-9(24)6(22)4-30-13/h1-2,5-6,8-15,21-26,28H,3-4H2,(H2,18,19,27)/t5-,6-,8+,9+,10-,11+,12?,13?,14-,15+,17?/m0/s1. The lowest BCUT2D eigenvalue weighted by molar-refractivity contribution is -0.253. The summed E-state index contributed by atoms with van der Waals surface area (Å²) < 4.78 is 17.1. The first-order valence-corrected chi connectivity index (χ1v) is 9.61. The number of ether oxygens (including phenoxy) is 3. The van der Waals surface area contributed by atoms with E-state index in [0.29, 0.717) is 0 Å². The minimum atomic E-state index is -2.56. The van der Waals surface area contributed by atoms with Crippen LogP contribution in [0.1, 0.15) is 6.23 Å². The van der Waals surface area contributed by atoms with Gasteiger partial charge in [0.15, 0.2) is 11.8 Å². The zero-order valence-electron chi connectivity index (χ0n) is 16.1. The van der Waals surface area contributed by atoms with Crippen LogP contribution in [0.5, 0.6) is 0 Å². The van der Waals surface area contributed by atoms with E-state index in [1.54, 1.807) is 0 Å². The lowest BCUT2D eigenvalue weighted by Crippen LogP contribution is -2.68. The van der Waals surface area contributed by atoms with Crippen LogP contribution in [0.3, 0.4) is 0 Å². The fraction of sp³-hybridized carbons (Fsp3) is 0.765. The van der Waals surface area contributed by atoms with Crippen molar-refractivity contribution in [3.05, 3.63) is 22.7 Å². The number of nitrogens with zero attached hydrogens (tertiary/aromatic N) is 2. The molecule has 0 aliphatic carbocycles. The topological polar surface area (TPSA) is 230 Å². The first kappa shape index (κ1) is 22.5. The second-order valence-corrected chi connectivity index (χ2v) is 7.98. The second kappa shape index (κ2) is 8.00. The van der Waals surface area contributed by atoms with Gasteiger partial charge in [-0.15, -0.1) is 0 Å². The van der Waals surface area contributed by atoms with E-state index in [2.05, 4.69) is 4.98 Å². The number of aliphatic hydroxyl groups excluding tert-OH is 6. The lowest BCUT2D eigenvalue weighted by Gasteiger charge is -2.44. The average molecular weight is 447 g/mol. The number of aromatic nitrogens is 2. The van der Waals surface area contributed by atoms with Gasteiger partial charge in [0.2, 0.25) is 0 Å². The Kier molecular flexibility index (Phi) is 5.80. The van der Waals surface area contributed by atoms with E-state index in [1.165, 1.54) is 12.3 Å². The Labute approximate surface area is 174 Å². The van der Waals surface area contributed by atoms with E-state index < -0.39 is 72.5 Å². The van der Waals surface area contributed by atoms with Crippen molar-refractivity contribution in [3.8, 4) is 0 Å². The molecule has 3 aliphatic heterocycles. The highest BCUT2D eigenvalue weighted by atomic mass is 16.6. The van der Waals surface area contributed by atoms with Gasteiger partial charge < -0.3 is 55.7 Å². The maximum Gasteiger partial charge on any atom is 0.351 e. The number of aliphatic hydroxyl groups is 7. The maximum atomic E-state index is 12.2. The van der Waals surface area contributed by atoms with E-state index in [0.717, 1.165) is 4.57 Å². The molecule has 0 radical (unpaired) electrons. The van der Waals surface area contributed by atoms with Crippen LogP contribution in [-0.4, -0.2) is 119 Å². The number of hydrogen-bond donors (Lipinski definition) is 8. The van der Waals surface area contributed by atoms with Crippen LogP contribution in [0.2, 0.25) is 0 Å². The maximum absolute atomic E-state index is 12.2. The van der Waals surface area contributed by atoms with Gasteiger partial charge in [-0.25, -0.2) is 4.79 Å². The molecule has 1 aromatic rings. The summed E-state index contributed by atoms with van der Waals surface area (Å²) in [6.07, 6.45) is -15.2. The molecule has 0 amide bonds. The fourth-order valence-corrected chi connectivity index (χ4v) is 4.39. The molecule has 10 atom stereocenters. The number of nitrogens with two attached hydrogens (primary N) is 1. The molecule has 4 rings (SSSR count). The Balaban J connectivity index is 1.74. The van der Waals surface area contributed by atoms with Crippen LogP contribution in [0.25, 0.3) is 0 Å². The predicted molar refractivity (Wildman–Crippen MR) is 97.3 cm³/mol. The zero-order chi connectivity index (χ0) is 22.7. The molecule has 1 aromatic heterocycles. The molecule has 9 N–H and O–H groups in total. The van der Waals surface area contributed by atoms with Gasteiger partial charge in [0, 0.05) is 6.20 Å². The zero-order valence-corrected chi connectivity index (χ0v) is 16.1. The SMILES string of the molecule is Nc1ccn([C@@H]2O[C@H](C(O)(C3OC[C@H](O)[C@H]3O)C3OC[C@H](O)[C@H]3O)[C@@H](O)[C@H]2O)c(=O)n1. The quantitative estimate of drug-likeness (QED) is 0.215. The number of hydrogen-bond acceptors (Lipinski definition) is 13. The van der Waals surface area contributed by atoms with E-state index in [4.69, 9.17) is 19.9 Å². The lowest BCUT2D eigenvalue weighted by atomic mass is 9.77. The summed E-state index contributed by atoms with van der Waals surface area (Å²) in [7, 11) is 0. The summed E-state index contributed by atoms with van der Waals surface area (Å²) in [5.41, 5.74) is 1.99. The fourth-order valence-electron chi connectivity index (χ4n) is 4.39. The molecule has 3 fully saturated rings. The highest BCUT2D eigenvalue weighted by Crippen LogP contribution is 2.43. The van der Waals surface area contributed by atoms with Gasteiger partial charge >= 0.3 is 5.69 Å². The van der Waals surface area contributed by atoms with Crippen molar-refractivity contribution in [2.75, 3.05) is 18.9 Å². The molecule has 0 saturated carbocycles. The van der Waals surface area contributed by atoms with E-state index in [9.17, 15) is 40.5 Å². The monoisotopic (exact) mass is 447 g/mol. The average Bonchev–Trinajstić information content (AvgIpc) is 3.34. The van der Waals surface area contributed by atoms with Crippen molar-refractivity contribution in [3.63, 3.8) is 0 Å². The van der Waals surface area contributed by atoms with Crippen molar-refractivity contribution in [2.45, 2.75) is 66.8 Å². The van der Waals surface area contributed by atoms with Crippen LogP contribution in [0, 0.1) is 0 Å². The molecular formula is C17H25N3O11. The molecule has 3 aliphatic rings. The largest absolute Gasteiger partial charge is 0.388 e. The minimum absolute atomic E-state index is 0.0877. The molecule has 14 heteroatoms. The summed E-state index contributed by atoms with van der Waals surface area (Å²) >= 11 is 0. The van der Waals surface area contributed by atoms with E-state index in [-0.39, 0.29) is 19.0 Å². The minimum Gasteiger partial charge on any atom is -0.388 e. The Morgan fingerprint density at radius 2 is 1.48 bits per heavy atom. The van der Waals surface area contributed by atoms with E-state index in [1.807, 2.05) is 0 Å². The molecule has 4 heterocycles. The van der Waals surface area contributed by atoms with Crippen LogP contribution in [-0.2, 0) is 14.2 Å². The smallest absolute Gasteiger partial charge is 0.351 e. The van der Waals surface area contributed by atoms with Gasteiger partial charge in [-0.2, -0.15) is 4.98 Å². The van der Waals surface area contributed by atoms with Crippen molar-refractivity contribution < 1.29 is 50.0 Å². The summed E-state index contributed by atoms with van der Waals surface area (Å²) in [4.78, 5) is 15.7. The van der Waals surface area contributed by atoms with Gasteiger partial charge in [0.25, 0.3) is 0 Å². The third-order valence-corrected chi connectivity index (χ3v) is 6.03. The number of anilines is 1. The molecule has 174 valence electrons. The van der Waals surface area contributed by atoms with Gasteiger partial charge in [0.05, 0.1) is 13.2 Å². The van der Waals surface area contributed by atoms with Crippen molar-refractivity contribution in [2.24, 2.45) is 0 Å². The van der Waals surface area contributed by atoms with Gasteiger partial charge in [-0.3, -0.25) is 4.57 Å². The molecule has 3 saturated heterocycles. The molecule has 0 spiro atoms. The molecule has 14 nitrogen and oxygen atoms in total. The van der Waals surface area contributed by atoms with Crippen molar-refractivity contribution in [1.29, 1.82) is 0 Å². The Morgan fingerprint density at radius 3 is 1.94 bits per heavy atom. The first-order valence-electron chi connectivity index (χ1n) is 9.61. The molecule has 0 bridgehead atoms. The van der Waals surface area contributed by atoms with Crippen LogP contribution in [0.4, 0.5) is 5.82 Å². The van der Waals surface area contributed by atoms with Gasteiger partial charge in [-0.05, 0) is 6.07 Å². The van der Waals surface area contributed by atoms with Crippen LogP contribution < -0.4 is 11.4 Å². The highest BCUT2D eigenvalue weighted by Gasteiger charge is 2.66. The van der Waals surface area contributed by atoms with Crippen molar-refractivity contribution in [1.82, 2.24) is 9.55 Å². The molecule has 31 heavy (non-hydrogen) atoms. The second-order valence-electron chi connectivity index (χ2n) is 7.98. The van der Waals surface area contributed by atoms with Crippen LogP contribution >= 0.6 is 0 Å². The van der Waals surface area contributed by atoms with Gasteiger partial charge in [0.1, 0.15) is 60.8 Å². The summed E-state index contributed by atoms with van der Waals surface area (Å²) in [5.74, 6) is -0.0877. The third-order valence-electron chi connectivity index (χ3n) is 6.03.